The number of ether oxygens (including phenoxy) is 1. The van der Waals surface area contributed by atoms with Gasteiger partial charge in [-0.1, -0.05) is 18.2 Å². The lowest BCUT2D eigenvalue weighted by atomic mass is 9.74. The Balaban J connectivity index is 2.20. The number of nitriles is 1. The summed E-state index contributed by atoms with van der Waals surface area (Å²) in [6, 6.07) is 11.5. The third-order valence-corrected chi connectivity index (χ3v) is 5.68. The van der Waals surface area contributed by atoms with E-state index in [0.717, 1.165) is 21.8 Å². The van der Waals surface area contributed by atoms with Gasteiger partial charge in [-0.3, -0.25) is 4.79 Å². The fourth-order valence-electron chi connectivity index (χ4n) is 3.20. The number of carbonyl (C=O) groups excluding carboxylic acids is 1. The van der Waals surface area contributed by atoms with Gasteiger partial charge in [0.2, 0.25) is 0 Å². The molecule has 1 aliphatic heterocycles. The van der Waals surface area contributed by atoms with Gasteiger partial charge in [0.1, 0.15) is 5.75 Å². The molecule has 0 radical (unpaired) electrons. The molecule has 2 aromatic carbocycles. The van der Waals surface area contributed by atoms with Crippen molar-refractivity contribution < 1.29 is 18.8 Å². The summed E-state index contributed by atoms with van der Waals surface area (Å²) in [5.74, 6) is 0.121. The molecule has 0 unspecified atom stereocenters. The highest BCUT2D eigenvalue weighted by molar-refractivity contribution is 6.65. The molecule has 0 aromatic heterocycles. The molecule has 2 aromatic rings. The van der Waals surface area contributed by atoms with Crippen molar-refractivity contribution in [3.63, 3.8) is 0 Å². The molecule has 0 spiro atoms. The van der Waals surface area contributed by atoms with Gasteiger partial charge in [-0.15, -0.1) is 0 Å². The molecule has 0 atom stereocenters. The van der Waals surface area contributed by atoms with Crippen LogP contribution in [-0.2, 0) is 14.1 Å². The van der Waals surface area contributed by atoms with E-state index in [2.05, 4.69) is 0 Å². The first-order valence-corrected chi connectivity index (χ1v) is 10.1. The highest BCUT2D eigenvalue weighted by Crippen LogP contribution is 2.38. The lowest BCUT2D eigenvalue weighted by Crippen LogP contribution is -2.41. The van der Waals surface area contributed by atoms with E-state index in [9.17, 15) is 4.79 Å². The van der Waals surface area contributed by atoms with Crippen LogP contribution in [0.15, 0.2) is 36.4 Å². The Hall–Kier alpha value is -2.62. The SMILES string of the molecule is CC(C)(C)C(=O)Oc1cc(B2OC(C)(C)C(C)(C)O2)c2c(/C=C/C#N)cccc2c1. The van der Waals surface area contributed by atoms with Crippen LogP contribution in [0, 0.1) is 16.7 Å². The van der Waals surface area contributed by atoms with E-state index < -0.39 is 23.7 Å². The van der Waals surface area contributed by atoms with Crippen molar-refractivity contribution in [2.45, 2.75) is 59.7 Å². The highest BCUT2D eigenvalue weighted by atomic mass is 16.7. The van der Waals surface area contributed by atoms with E-state index in [0.29, 0.717) is 5.75 Å². The van der Waals surface area contributed by atoms with Crippen molar-refractivity contribution in [3.8, 4) is 11.8 Å². The second kappa shape index (κ2) is 7.57. The Morgan fingerprint density at radius 2 is 1.77 bits per heavy atom. The van der Waals surface area contributed by atoms with Crippen LogP contribution in [0.5, 0.6) is 5.75 Å². The van der Waals surface area contributed by atoms with Crippen LogP contribution in [-0.4, -0.2) is 24.3 Å². The van der Waals surface area contributed by atoms with Crippen molar-refractivity contribution in [1.82, 2.24) is 0 Å². The van der Waals surface area contributed by atoms with Crippen molar-refractivity contribution in [2.24, 2.45) is 5.41 Å². The molecule has 5 nitrogen and oxygen atoms in total. The summed E-state index contributed by atoms with van der Waals surface area (Å²) in [7, 11) is -0.637. The van der Waals surface area contributed by atoms with E-state index in [1.807, 2.05) is 78.8 Å². The van der Waals surface area contributed by atoms with E-state index in [1.165, 1.54) is 6.08 Å². The number of hydrogen-bond acceptors (Lipinski definition) is 5. The number of carbonyl (C=O) groups is 1. The zero-order chi connectivity index (χ0) is 22.3. The summed E-state index contributed by atoms with van der Waals surface area (Å²) >= 11 is 0. The van der Waals surface area contributed by atoms with Crippen LogP contribution in [0.2, 0.25) is 0 Å². The predicted octanol–water partition coefficient (Wildman–Crippen LogP) is 4.63. The zero-order valence-corrected chi connectivity index (χ0v) is 18.7. The summed E-state index contributed by atoms with van der Waals surface area (Å²) < 4.78 is 18.3. The van der Waals surface area contributed by atoms with Gasteiger partial charge < -0.3 is 14.0 Å². The Labute approximate surface area is 178 Å². The predicted molar refractivity (Wildman–Crippen MR) is 119 cm³/mol. The van der Waals surface area contributed by atoms with Gasteiger partial charge >= 0.3 is 13.1 Å². The summed E-state index contributed by atoms with van der Waals surface area (Å²) in [5, 5.41) is 10.8. The molecule has 30 heavy (non-hydrogen) atoms. The van der Waals surface area contributed by atoms with Gasteiger partial charge in [-0.2, -0.15) is 5.26 Å². The second-order valence-corrected chi connectivity index (χ2v) is 9.65. The van der Waals surface area contributed by atoms with E-state index in [-0.39, 0.29) is 5.97 Å². The minimum absolute atomic E-state index is 0.317. The van der Waals surface area contributed by atoms with Gasteiger partial charge in [0.15, 0.2) is 0 Å². The van der Waals surface area contributed by atoms with Gasteiger partial charge in [0, 0.05) is 6.08 Å². The first kappa shape index (κ1) is 22.1. The molecule has 0 saturated carbocycles. The maximum atomic E-state index is 12.5. The Kier molecular flexibility index (Phi) is 5.57. The normalized spacial score (nSPS) is 18.0. The minimum Gasteiger partial charge on any atom is -0.426 e. The number of allylic oxidation sites excluding steroid dienone is 1. The fourth-order valence-corrected chi connectivity index (χ4v) is 3.20. The molecule has 1 aliphatic rings. The fraction of sp³-hybridized carbons (Fsp3) is 0.417. The Morgan fingerprint density at radius 1 is 1.13 bits per heavy atom. The zero-order valence-electron chi connectivity index (χ0n) is 18.7. The number of esters is 1. The molecule has 0 bridgehead atoms. The average molecular weight is 405 g/mol. The molecular formula is C24H28BNO4. The maximum Gasteiger partial charge on any atom is 0.495 e. The van der Waals surface area contributed by atoms with E-state index in [1.54, 1.807) is 12.1 Å². The Morgan fingerprint density at radius 3 is 2.33 bits per heavy atom. The first-order valence-electron chi connectivity index (χ1n) is 10.1. The Bertz CT molecular complexity index is 1040. The molecule has 0 N–H and O–H groups in total. The molecule has 6 heteroatoms. The molecule has 156 valence electrons. The van der Waals surface area contributed by atoms with Gasteiger partial charge in [-0.25, -0.2) is 0 Å². The van der Waals surface area contributed by atoms with E-state index in [4.69, 9.17) is 19.3 Å². The molecular weight excluding hydrogens is 377 g/mol. The van der Waals surface area contributed by atoms with Crippen LogP contribution < -0.4 is 10.2 Å². The van der Waals surface area contributed by atoms with Crippen LogP contribution in [0.1, 0.15) is 54.0 Å². The summed E-state index contributed by atoms with van der Waals surface area (Å²) in [4.78, 5) is 12.5. The molecule has 1 heterocycles. The van der Waals surface area contributed by atoms with Crippen LogP contribution in [0.3, 0.4) is 0 Å². The van der Waals surface area contributed by atoms with E-state index >= 15 is 0 Å². The second-order valence-electron chi connectivity index (χ2n) is 9.65. The smallest absolute Gasteiger partial charge is 0.426 e. The van der Waals surface area contributed by atoms with Gasteiger partial charge in [0.05, 0.1) is 22.7 Å². The van der Waals surface area contributed by atoms with Crippen molar-refractivity contribution >= 4 is 35.4 Å². The molecule has 1 fully saturated rings. The topological polar surface area (TPSA) is 68.6 Å². The lowest BCUT2D eigenvalue weighted by molar-refractivity contribution is -0.142. The number of fused-ring (bicyclic) bond motifs is 1. The third-order valence-electron chi connectivity index (χ3n) is 5.68. The monoisotopic (exact) mass is 405 g/mol. The largest absolute Gasteiger partial charge is 0.495 e. The number of rotatable bonds is 3. The standard InChI is InChI=1S/C24H28BNO4/c1-22(2,3)21(27)28-18-14-17-11-8-10-16(12-9-13-26)20(17)19(15-18)25-29-23(4,5)24(6,7)30-25/h8-12,14-15H,1-7H3/b12-9+. The molecule has 0 amide bonds. The average Bonchev–Trinajstić information content (AvgIpc) is 2.85. The molecule has 1 saturated heterocycles. The minimum atomic E-state index is -0.637. The highest BCUT2D eigenvalue weighted by Gasteiger charge is 2.52. The first-order chi connectivity index (χ1) is 13.9. The number of nitrogens with zero attached hydrogens (tertiary/aromatic N) is 1. The third kappa shape index (κ3) is 4.14. The van der Waals surface area contributed by atoms with Crippen LogP contribution >= 0.6 is 0 Å². The van der Waals surface area contributed by atoms with Gasteiger partial charge in [0.25, 0.3) is 0 Å². The lowest BCUT2D eigenvalue weighted by Gasteiger charge is -2.32. The van der Waals surface area contributed by atoms with Crippen molar-refractivity contribution in [2.75, 3.05) is 0 Å². The maximum absolute atomic E-state index is 12.5. The van der Waals surface area contributed by atoms with Gasteiger partial charge in [-0.05, 0) is 88.5 Å². The summed E-state index contributed by atoms with van der Waals surface area (Å²) in [6.07, 6.45) is 3.20. The summed E-state index contributed by atoms with van der Waals surface area (Å²) in [5.41, 5.74) is -0.0240. The van der Waals surface area contributed by atoms with Crippen LogP contribution in [0.25, 0.3) is 16.8 Å². The van der Waals surface area contributed by atoms with Crippen LogP contribution in [0.4, 0.5) is 0 Å². The number of benzene rings is 2. The number of hydrogen-bond donors (Lipinski definition) is 0. The quantitative estimate of drug-likeness (QED) is 0.322. The summed E-state index contributed by atoms with van der Waals surface area (Å²) in [6.45, 7) is 13.4. The van der Waals surface area contributed by atoms with Crippen molar-refractivity contribution in [1.29, 1.82) is 5.26 Å². The molecule has 3 rings (SSSR count). The van der Waals surface area contributed by atoms with Crippen molar-refractivity contribution in [3.05, 3.63) is 42.0 Å². The molecule has 0 aliphatic carbocycles.